The van der Waals surface area contributed by atoms with Crippen LogP contribution in [0.1, 0.15) is 19.4 Å². The maximum absolute atomic E-state index is 12.3. The number of likely N-dealkylation sites (N-methyl/N-ethyl adjacent to an activating group) is 2. The number of imide groups is 2. The Morgan fingerprint density at radius 2 is 1.64 bits per heavy atom. The number of hydrogen-bond acceptors (Lipinski definition) is 5. The number of barbiturate groups is 1. The van der Waals surface area contributed by atoms with Crippen molar-refractivity contribution in [3.05, 3.63) is 27.7 Å². The van der Waals surface area contributed by atoms with Gasteiger partial charge in [0.2, 0.25) is 0 Å². The fraction of sp³-hybridized carbons (Fsp3) is 0.353. The van der Waals surface area contributed by atoms with E-state index in [4.69, 9.17) is 9.47 Å². The van der Waals surface area contributed by atoms with E-state index < -0.39 is 17.8 Å². The van der Waals surface area contributed by atoms with Crippen LogP contribution < -0.4 is 9.47 Å². The van der Waals surface area contributed by atoms with E-state index in [1.807, 2.05) is 13.8 Å². The van der Waals surface area contributed by atoms with Crippen molar-refractivity contribution >= 4 is 39.9 Å². The van der Waals surface area contributed by atoms with Crippen molar-refractivity contribution in [2.45, 2.75) is 20.0 Å². The zero-order valence-electron chi connectivity index (χ0n) is 14.6. The zero-order valence-corrected chi connectivity index (χ0v) is 16.2. The summed E-state index contributed by atoms with van der Waals surface area (Å²) in [7, 11) is 4.16. The van der Waals surface area contributed by atoms with Crippen molar-refractivity contribution in [3.8, 4) is 11.5 Å². The van der Waals surface area contributed by atoms with Gasteiger partial charge in [-0.3, -0.25) is 19.4 Å². The van der Waals surface area contributed by atoms with Crippen LogP contribution in [0.25, 0.3) is 6.08 Å². The van der Waals surface area contributed by atoms with E-state index in [-0.39, 0.29) is 11.7 Å². The van der Waals surface area contributed by atoms with Crippen LogP contribution in [0.3, 0.4) is 0 Å². The highest BCUT2D eigenvalue weighted by molar-refractivity contribution is 9.10. The number of nitrogens with zero attached hydrogens (tertiary/aromatic N) is 2. The third-order valence-corrected chi connectivity index (χ3v) is 4.15. The van der Waals surface area contributed by atoms with Crippen molar-refractivity contribution in [2.75, 3.05) is 21.2 Å². The highest BCUT2D eigenvalue weighted by Crippen LogP contribution is 2.38. The minimum atomic E-state index is -0.661. The first-order valence-electron chi connectivity index (χ1n) is 7.53. The molecule has 4 amide bonds. The smallest absolute Gasteiger partial charge is 0.333 e. The lowest BCUT2D eigenvalue weighted by atomic mass is 10.1. The standard InChI is InChI=1S/C17H19BrN2O5/c1-9(2)25-14-12(18)7-10(8-13(14)24-5)6-11-15(21)19(3)17(23)20(4)16(11)22/h6-9H,1-5H3. The third kappa shape index (κ3) is 3.68. The van der Waals surface area contributed by atoms with E-state index in [1.165, 1.54) is 27.3 Å². The summed E-state index contributed by atoms with van der Waals surface area (Å²) in [5.74, 6) is -0.301. The van der Waals surface area contributed by atoms with Crippen molar-refractivity contribution in [3.63, 3.8) is 0 Å². The molecule has 0 atom stereocenters. The van der Waals surface area contributed by atoms with Crippen LogP contribution in [0, 0.1) is 0 Å². The second-order valence-electron chi connectivity index (χ2n) is 5.77. The molecule has 1 aliphatic rings. The summed E-state index contributed by atoms with van der Waals surface area (Å²) in [6.07, 6.45) is 1.38. The first-order chi connectivity index (χ1) is 11.7. The Hall–Kier alpha value is -2.35. The molecule has 0 saturated carbocycles. The molecule has 1 aromatic carbocycles. The van der Waals surface area contributed by atoms with Crippen LogP contribution in [0.15, 0.2) is 22.2 Å². The van der Waals surface area contributed by atoms with Gasteiger partial charge in [0.05, 0.1) is 17.7 Å². The Balaban J connectivity index is 2.50. The van der Waals surface area contributed by atoms with E-state index in [0.717, 1.165) is 9.80 Å². The number of amides is 4. The number of carbonyl (C=O) groups is 3. The molecule has 0 spiro atoms. The molecule has 0 aliphatic carbocycles. The maximum Gasteiger partial charge on any atom is 0.333 e. The molecule has 1 saturated heterocycles. The molecule has 1 aliphatic heterocycles. The summed E-state index contributed by atoms with van der Waals surface area (Å²) >= 11 is 3.42. The molecule has 0 N–H and O–H groups in total. The van der Waals surface area contributed by atoms with Crippen molar-refractivity contribution in [2.24, 2.45) is 0 Å². The van der Waals surface area contributed by atoms with Crippen LogP contribution >= 0.6 is 15.9 Å². The molecule has 1 aromatic rings. The first kappa shape index (κ1) is 19.0. The van der Waals surface area contributed by atoms with Gasteiger partial charge in [-0.25, -0.2) is 4.79 Å². The van der Waals surface area contributed by atoms with Gasteiger partial charge in [0, 0.05) is 14.1 Å². The van der Waals surface area contributed by atoms with Gasteiger partial charge in [-0.2, -0.15) is 0 Å². The van der Waals surface area contributed by atoms with Crippen molar-refractivity contribution in [1.82, 2.24) is 9.80 Å². The Kier molecular flexibility index (Phi) is 5.52. The number of rotatable bonds is 4. The van der Waals surface area contributed by atoms with Gasteiger partial charge >= 0.3 is 6.03 Å². The third-order valence-electron chi connectivity index (χ3n) is 3.56. The fourth-order valence-corrected chi connectivity index (χ4v) is 2.87. The van der Waals surface area contributed by atoms with E-state index in [1.54, 1.807) is 12.1 Å². The average Bonchev–Trinajstić information content (AvgIpc) is 2.56. The molecule has 0 bridgehead atoms. The summed E-state index contributed by atoms with van der Waals surface area (Å²) in [6.45, 7) is 3.79. The lowest BCUT2D eigenvalue weighted by Crippen LogP contribution is -2.52. The van der Waals surface area contributed by atoms with Gasteiger partial charge in [-0.15, -0.1) is 0 Å². The van der Waals surface area contributed by atoms with E-state index in [9.17, 15) is 14.4 Å². The number of carbonyl (C=O) groups excluding carboxylic acids is 3. The van der Waals surface area contributed by atoms with E-state index in [0.29, 0.717) is 21.5 Å². The molecule has 0 aromatic heterocycles. The summed E-state index contributed by atoms with van der Waals surface area (Å²) in [5.41, 5.74) is 0.462. The predicted octanol–water partition coefficient (Wildman–Crippen LogP) is 2.68. The largest absolute Gasteiger partial charge is 0.493 e. The molecule has 25 heavy (non-hydrogen) atoms. The Bertz CT molecular complexity index is 747. The van der Waals surface area contributed by atoms with E-state index in [2.05, 4.69) is 15.9 Å². The normalized spacial score (nSPS) is 15.2. The van der Waals surface area contributed by atoms with Gasteiger partial charge in [0.15, 0.2) is 11.5 Å². The molecule has 1 heterocycles. The molecular formula is C17H19BrN2O5. The lowest BCUT2D eigenvalue weighted by Gasteiger charge is -2.28. The Morgan fingerprint density at radius 3 is 2.12 bits per heavy atom. The minimum absolute atomic E-state index is 0.0517. The van der Waals surface area contributed by atoms with Gasteiger partial charge in [0.1, 0.15) is 5.57 Å². The monoisotopic (exact) mass is 410 g/mol. The molecule has 1 fully saturated rings. The zero-order chi connectivity index (χ0) is 18.9. The van der Waals surface area contributed by atoms with Crippen molar-refractivity contribution < 1.29 is 23.9 Å². The van der Waals surface area contributed by atoms with Gasteiger partial charge < -0.3 is 9.47 Å². The number of urea groups is 1. The van der Waals surface area contributed by atoms with Gasteiger partial charge in [-0.05, 0) is 53.5 Å². The molecule has 134 valence electrons. The highest BCUT2D eigenvalue weighted by Gasteiger charge is 2.37. The van der Waals surface area contributed by atoms with Gasteiger partial charge in [-0.1, -0.05) is 0 Å². The summed E-state index contributed by atoms with van der Waals surface area (Å²) in [6, 6.07) is 2.71. The van der Waals surface area contributed by atoms with Crippen LogP contribution in [0.5, 0.6) is 11.5 Å². The first-order valence-corrected chi connectivity index (χ1v) is 8.32. The lowest BCUT2D eigenvalue weighted by molar-refractivity contribution is -0.134. The predicted molar refractivity (Wildman–Crippen MR) is 95.4 cm³/mol. The molecule has 8 heteroatoms. The molecule has 0 radical (unpaired) electrons. The second-order valence-corrected chi connectivity index (χ2v) is 6.62. The number of halogens is 1. The summed E-state index contributed by atoms with van der Waals surface area (Å²) in [5, 5.41) is 0. The number of hydrogen-bond donors (Lipinski definition) is 0. The number of ether oxygens (including phenoxy) is 2. The topological polar surface area (TPSA) is 76.2 Å². The average molecular weight is 411 g/mol. The minimum Gasteiger partial charge on any atom is -0.493 e. The Labute approximate surface area is 154 Å². The molecule has 2 rings (SSSR count). The SMILES string of the molecule is COc1cc(C=C2C(=O)N(C)C(=O)N(C)C2=O)cc(Br)c1OC(C)C. The quantitative estimate of drug-likeness (QED) is 0.563. The maximum atomic E-state index is 12.3. The van der Waals surface area contributed by atoms with E-state index >= 15 is 0 Å². The molecule has 7 nitrogen and oxygen atoms in total. The Morgan fingerprint density at radius 1 is 1.08 bits per heavy atom. The van der Waals surface area contributed by atoms with Crippen LogP contribution in [-0.2, 0) is 9.59 Å². The van der Waals surface area contributed by atoms with Crippen LogP contribution in [0.4, 0.5) is 4.79 Å². The fourth-order valence-electron chi connectivity index (χ4n) is 2.31. The summed E-state index contributed by atoms with van der Waals surface area (Å²) < 4.78 is 11.7. The summed E-state index contributed by atoms with van der Waals surface area (Å²) in [4.78, 5) is 38.1. The number of methoxy groups -OCH3 is 1. The molecule has 0 unspecified atom stereocenters. The molecular weight excluding hydrogens is 392 g/mol. The van der Waals surface area contributed by atoms with Crippen LogP contribution in [-0.4, -0.2) is 55.0 Å². The second kappa shape index (κ2) is 7.26. The van der Waals surface area contributed by atoms with Gasteiger partial charge in [0.25, 0.3) is 11.8 Å². The van der Waals surface area contributed by atoms with Crippen molar-refractivity contribution in [1.29, 1.82) is 0 Å². The van der Waals surface area contributed by atoms with Crippen LogP contribution in [0.2, 0.25) is 0 Å². The number of benzene rings is 1. The highest BCUT2D eigenvalue weighted by atomic mass is 79.9.